The van der Waals surface area contributed by atoms with Crippen LogP contribution in [-0.2, 0) is 5.54 Å². The maximum atomic E-state index is 6.06. The zero-order valence-electron chi connectivity index (χ0n) is 12.9. The molecule has 2 atom stereocenters. The van der Waals surface area contributed by atoms with E-state index in [1.165, 1.54) is 11.1 Å². The maximum Gasteiger partial charge on any atom is 0.0873 e. The minimum atomic E-state index is -0.255. The van der Waals surface area contributed by atoms with Crippen LogP contribution < -0.4 is 5.32 Å². The van der Waals surface area contributed by atoms with Crippen LogP contribution in [-0.4, -0.2) is 0 Å². The summed E-state index contributed by atoms with van der Waals surface area (Å²) in [4.78, 5) is 0. The summed E-state index contributed by atoms with van der Waals surface area (Å²) in [7, 11) is 0. The molecule has 2 unspecified atom stereocenters. The number of allylic oxidation sites excluding steroid dienone is 2. The van der Waals surface area contributed by atoms with Crippen molar-refractivity contribution in [3.8, 4) is 0 Å². The number of halogens is 1. The fourth-order valence-corrected chi connectivity index (χ4v) is 3.06. The number of nitrogens with one attached hydrogen (secondary N) is 1. The van der Waals surface area contributed by atoms with Crippen molar-refractivity contribution in [2.24, 2.45) is 5.92 Å². The van der Waals surface area contributed by atoms with E-state index in [0.29, 0.717) is 5.92 Å². The van der Waals surface area contributed by atoms with Crippen LogP contribution in [0.2, 0.25) is 5.02 Å². The van der Waals surface area contributed by atoms with Crippen molar-refractivity contribution in [1.29, 1.82) is 0 Å². The minimum absolute atomic E-state index is 0.255. The Kier molecular flexibility index (Phi) is 4.08. The van der Waals surface area contributed by atoms with Gasteiger partial charge in [-0.1, -0.05) is 72.7 Å². The number of anilines is 1. The third-order valence-corrected chi connectivity index (χ3v) is 4.56. The summed E-state index contributed by atoms with van der Waals surface area (Å²) in [5, 5.41) is 4.49. The molecule has 0 heterocycles. The molecule has 3 rings (SSSR count). The smallest absolute Gasteiger partial charge is 0.0873 e. The normalized spacial score (nSPS) is 23.5. The number of hydrogen-bond acceptors (Lipinski definition) is 1. The predicted molar refractivity (Wildman–Crippen MR) is 95.4 cm³/mol. The lowest BCUT2D eigenvalue weighted by molar-refractivity contribution is 0.472. The molecule has 1 aliphatic rings. The van der Waals surface area contributed by atoms with E-state index < -0.39 is 0 Å². The Labute approximate surface area is 137 Å². The van der Waals surface area contributed by atoms with Crippen LogP contribution in [0.3, 0.4) is 0 Å². The highest BCUT2D eigenvalue weighted by atomic mass is 35.5. The van der Waals surface area contributed by atoms with Crippen LogP contribution in [0, 0.1) is 12.8 Å². The van der Waals surface area contributed by atoms with Crippen molar-refractivity contribution in [3.05, 3.63) is 89.0 Å². The Balaban J connectivity index is 2.03. The van der Waals surface area contributed by atoms with Crippen LogP contribution in [0.4, 0.5) is 5.69 Å². The molecule has 2 aromatic rings. The number of aryl methyl sites for hydroxylation is 1. The van der Waals surface area contributed by atoms with E-state index in [2.05, 4.69) is 79.9 Å². The summed E-state index contributed by atoms with van der Waals surface area (Å²) >= 11 is 6.06. The van der Waals surface area contributed by atoms with Gasteiger partial charge in [0.25, 0.3) is 0 Å². The zero-order chi connectivity index (χ0) is 15.6. The standard InChI is InChI=1S/C20H20ClN/c1-15-6-12-19(13-7-15)22-20(14-4-3-5-16(20)2)17-8-10-18(21)11-9-17/h3-14,16,22H,1-2H3. The van der Waals surface area contributed by atoms with Crippen LogP contribution in [0.5, 0.6) is 0 Å². The van der Waals surface area contributed by atoms with E-state index >= 15 is 0 Å². The Bertz CT molecular complexity index is 697. The van der Waals surface area contributed by atoms with E-state index in [1.54, 1.807) is 0 Å². The monoisotopic (exact) mass is 309 g/mol. The number of rotatable bonds is 3. The lowest BCUT2D eigenvalue weighted by atomic mass is 9.76. The van der Waals surface area contributed by atoms with Crippen LogP contribution in [0.15, 0.2) is 72.8 Å². The third-order valence-electron chi connectivity index (χ3n) is 4.31. The highest BCUT2D eigenvalue weighted by Crippen LogP contribution is 2.38. The van der Waals surface area contributed by atoms with Gasteiger partial charge in [0.05, 0.1) is 5.54 Å². The zero-order valence-corrected chi connectivity index (χ0v) is 13.6. The lowest BCUT2D eigenvalue weighted by Gasteiger charge is -2.39. The van der Waals surface area contributed by atoms with Gasteiger partial charge in [-0.25, -0.2) is 0 Å². The fraction of sp³-hybridized carbons (Fsp3) is 0.200. The highest BCUT2D eigenvalue weighted by Gasteiger charge is 2.35. The van der Waals surface area contributed by atoms with Gasteiger partial charge in [0.1, 0.15) is 0 Å². The SMILES string of the molecule is Cc1ccc(NC2(c3ccc(Cl)cc3)C=CC=CC2C)cc1. The maximum absolute atomic E-state index is 6.06. The molecule has 0 aliphatic heterocycles. The van der Waals surface area contributed by atoms with Crippen LogP contribution in [0.1, 0.15) is 18.1 Å². The van der Waals surface area contributed by atoms with Gasteiger partial charge in [-0.2, -0.15) is 0 Å². The van der Waals surface area contributed by atoms with Crippen molar-refractivity contribution in [1.82, 2.24) is 0 Å². The molecule has 2 aromatic carbocycles. The summed E-state index contributed by atoms with van der Waals surface area (Å²) < 4.78 is 0. The first kappa shape index (κ1) is 14.9. The summed E-state index contributed by atoms with van der Waals surface area (Å²) in [6.45, 7) is 4.33. The highest BCUT2D eigenvalue weighted by molar-refractivity contribution is 6.30. The summed E-state index contributed by atoms with van der Waals surface area (Å²) in [6.07, 6.45) is 8.68. The minimum Gasteiger partial charge on any atom is -0.372 e. The van der Waals surface area contributed by atoms with Crippen molar-refractivity contribution in [3.63, 3.8) is 0 Å². The van der Waals surface area contributed by atoms with Gasteiger partial charge in [-0.05, 0) is 36.8 Å². The molecule has 0 aromatic heterocycles. The molecule has 0 spiro atoms. The topological polar surface area (TPSA) is 12.0 Å². The van der Waals surface area contributed by atoms with Crippen molar-refractivity contribution in [2.75, 3.05) is 5.32 Å². The molecule has 0 amide bonds. The van der Waals surface area contributed by atoms with Crippen LogP contribution >= 0.6 is 11.6 Å². The Morgan fingerprint density at radius 3 is 2.27 bits per heavy atom. The average molecular weight is 310 g/mol. The van der Waals surface area contributed by atoms with E-state index in [-0.39, 0.29) is 5.54 Å². The van der Waals surface area contributed by atoms with Gasteiger partial charge >= 0.3 is 0 Å². The number of benzene rings is 2. The molecule has 22 heavy (non-hydrogen) atoms. The quantitative estimate of drug-likeness (QED) is 0.764. The van der Waals surface area contributed by atoms with Gasteiger partial charge in [0.15, 0.2) is 0 Å². The van der Waals surface area contributed by atoms with Crippen molar-refractivity contribution < 1.29 is 0 Å². The van der Waals surface area contributed by atoms with Gasteiger partial charge in [0.2, 0.25) is 0 Å². The van der Waals surface area contributed by atoms with E-state index in [9.17, 15) is 0 Å². The molecule has 0 saturated heterocycles. The second kappa shape index (κ2) is 6.02. The average Bonchev–Trinajstić information content (AvgIpc) is 2.53. The summed E-state index contributed by atoms with van der Waals surface area (Å²) in [6, 6.07) is 16.6. The Hall–Kier alpha value is -1.99. The van der Waals surface area contributed by atoms with E-state index in [1.807, 2.05) is 12.1 Å². The first-order valence-corrected chi connectivity index (χ1v) is 7.95. The van der Waals surface area contributed by atoms with Gasteiger partial charge < -0.3 is 5.32 Å². The molecule has 1 N–H and O–H groups in total. The van der Waals surface area contributed by atoms with Gasteiger partial charge in [0, 0.05) is 16.6 Å². The second-order valence-electron chi connectivity index (χ2n) is 5.90. The van der Waals surface area contributed by atoms with Gasteiger partial charge in [-0.3, -0.25) is 0 Å². The molecule has 1 aliphatic carbocycles. The van der Waals surface area contributed by atoms with Crippen molar-refractivity contribution >= 4 is 17.3 Å². The third kappa shape index (κ3) is 2.82. The lowest BCUT2D eigenvalue weighted by Crippen LogP contribution is -2.40. The molecular weight excluding hydrogens is 290 g/mol. The second-order valence-corrected chi connectivity index (χ2v) is 6.34. The van der Waals surface area contributed by atoms with E-state index in [4.69, 9.17) is 11.6 Å². The molecule has 0 bridgehead atoms. The molecule has 0 radical (unpaired) electrons. The Morgan fingerprint density at radius 1 is 0.955 bits per heavy atom. The molecule has 0 saturated carbocycles. The molecule has 112 valence electrons. The molecule has 1 nitrogen and oxygen atoms in total. The summed E-state index contributed by atoms with van der Waals surface area (Å²) in [5.41, 5.74) is 3.34. The fourth-order valence-electron chi connectivity index (χ4n) is 2.93. The Morgan fingerprint density at radius 2 is 1.64 bits per heavy atom. The number of hydrogen-bond donors (Lipinski definition) is 1. The largest absolute Gasteiger partial charge is 0.372 e. The van der Waals surface area contributed by atoms with Gasteiger partial charge in [-0.15, -0.1) is 0 Å². The van der Waals surface area contributed by atoms with Crippen LogP contribution in [0.25, 0.3) is 0 Å². The molecule has 0 fully saturated rings. The van der Waals surface area contributed by atoms with Crippen molar-refractivity contribution in [2.45, 2.75) is 19.4 Å². The summed E-state index contributed by atoms with van der Waals surface area (Å²) in [5.74, 6) is 0.333. The molecular formula is C20H20ClN. The first-order valence-electron chi connectivity index (χ1n) is 7.57. The molecule has 2 heteroatoms. The van der Waals surface area contributed by atoms with E-state index in [0.717, 1.165) is 10.7 Å². The first-order chi connectivity index (χ1) is 10.6. The predicted octanol–water partition coefficient (Wildman–Crippen LogP) is 5.72.